The Balaban J connectivity index is 2.01. The zero-order valence-electron chi connectivity index (χ0n) is 10.8. The van der Waals surface area contributed by atoms with Crippen molar-refractivity contribution in [1.82, 2.24) is 0 Å². The second-order valence-electron chi connectivity index (χ2n) is 4.18. The van der Waals surface area contributed by atoms with E-state index in [0.717, 1.165) is 0 Å². The summed E-state index contributed by atoms with van der Waals surface area (Å²) in [5.41, 5.74) is 0.886. The highest BCUT2D eigenvalue weighted by molar-refractivity contribution is 7.73. The van der Waals surface area contributed by atoms with E-state index in [9.17, 15) is 4.57 Å². The molecular weight excluding hydrogens is 289 g/mol. The topological polar surface area (TPSA) is 76.4 Å². The molecule has 0 aliphatic carbocycles. The lowest BCUT2D eigenvalue weighted by molar-refractivity contribution is 0.474. The number of benzene rings is 1. The lowest BCUT2D eigenvalue weighted by atomic mass is 10.2. The number of rotatable bonds is 4. The molecule has 3 rings (SSSR count). The molecule has 5 nitrogen and oxygen atoms in total. The van der Waals surface area contributed by atoms with Crippen LogP contribution in [0, 0.1) is 11.3 Å². The lowest BCUT2D eigenvalue weighted by Crippen LogP contribution is -2.17. The summed E-state index contributed by atoms with van der Waals surface area (Å²) in [5, 5.41) is 8.79. The molecule has 0 saturated heterocycles. The van der Waals surface area contributed by atoms with Crippen molar-refractivity contribution in [1.29, 1.82) is 5.26 Å². The van der Waals surface area contributed by atoms with Gasteiger partial charge in [0.25, 0.3) is 0 Å². The standard InChI is InChI=1S/C15H10NO4P/c16-11-12-5-7-13(8-6-12)20-21(17,14-3-1-9-18-14)15-4-2-10-19-15/h1-10H. The summed E-state index contributed by atoms with van der Waals surface area (Å²) in [6.45, 7) is 0. The molecule has 0 saturated carbocycles. The molecule has 0 atom stereocenters. The fourth-order valence-electron chi connectivity index (χ4n) is 1.81. The number of hydrogen-bond acceptors (Lipinski definition) is 5. The maximum Gasteiger partial charge on any atom is 0.375 e. The van der Waals surface area contributed by atoms with Crippen LogP contribution in [0.15, 0.2) is 69.9 Å². The summed E-state index contributed by atoms with van der Waals surface area (Å²) in [5.74, 6) is 0.366. The third-order valence-electron chi connectivity index (χ3n) is 2.81. The Morgan fingerprint density at radius 3 is 1.95 bits per heavy atom. The van der Waals surface area contributed by atoms with E-state index in [2.05, 4.69) is 0 Å². The molecular formula is C15H10NO4P. The third-order valence-corrected chi connectivity index (χ3v) is 4.95. The van der Waals surface area contributed by atoms with Gasteiger partial charge in [0.05, 0.1) is 24.2 Å². The second kappa shape index (κ2) is 5.35. The van der Waals surface area contributed by atoms with Gasteiger partial charge in [0.1, 0.15) is 5.75 Å². The average Bonchev–Trinajstić information content (AvgIpc) is 3.21. The molecule has 0 N–H and O–H groups in total. The molecule has 1 aromatic carbocycles. The molecule has 0 unspecified atom stereocenters. The summed E-state index contributed by atoms with van der Waals surface area (Å²) in [7, 11) is -3.49. The van der Waals surface area contributed by atoms with Crippen LogP contribution < -0.4 is 15.5 Å². The van der Waals surface area contributed by atoms with Crippen LogP contribution in [0.4, 0.5) is 0 Å². The molecule has 0 radical (unpaired) electrons. The highest BCUT2D eigenvalue weighted by Gasteiger charge is 2.36. The Bertz CT molecular complexity index is 760. The summed E-state index contributed by atoms with van der Waals surface area (Å²) >= 11 is 0. The predicted molar refractivity (Wildman–Crippen MR) is 76.1 cm³/mol. The Morgan fingerprint density at radius 1 is 0.952 bits per heavy atom. The second-order valence-corrected chi connectivity index (χ2v) is 6.35. The molecule has 0 fully saturated rings. The molecule has 2 aromatic heterocycles. The molecule has 21 heavy (non-hydrogen) atoms. The largest absolute Gasteiger partial charge is 0.457 e. The van der Waals surface area contributed by atoms with Gasteiger partial charge >= 0.3 is 7.37 Å². The first-order valence-electron chi connectivity index (χ1n) is 6.10. The Kier molecular flexibility index (Phi) is 3.39. The maximum absolute atomic E-state index is 13.2. The maximum atomic E-state index is 13.2. The zero-order valence-corrected chi connectivity index (χ0v) is 11.7. The highest BCUT2D eigenvalue weighted by Crippen LogP contribution is 2.45. The van der Waals surface area contributed by atoms with Crippen molar-refractivity contribution in [3.63, 3.8) is 0 Å². The Morgan fingerprint density at radius 2 is 1.52 bits per heavy atom. The van der Waals surface area contributed by atoms with E-state index in [4.69, 9.17) is 18.6 Å². The van der Waals surface area contributed by atoms with Crippen LogP contribution >= 0.6 is 7.37 Å². The van der Waals surface area contributed by atoms with E-state index in [1.807, 2.05) is 6.07 Å². The number of furan rings is 2. The smallest absolute Gasteiger partial charge is 0.375 e. The first-order valence-corrected chi connectivity index (χ1v) is 7.73. The first kappa shape index (κ1) is 13.3. The summed E-state index contributed by atoms with van der Waals surface area (Å²) in [6, 6.07) is 14.8. The average molecular weight is 299 g/mol. The van der Waals surface area contributed by atoms with Gasteiger partial charge in [-0.3, -0.25) is 4.57 Å². The minimum atomic E-state index is -3.49. The van der Waals surface area contributed by atoms with Crippen molar-refractivity contribution in [3.8, 4) is 11.8 Å². The Hall–Kier alpha value is -2.70. The van der Waals surface area contributed by atoms with E-state index in [1.54, 1.807) is 48.5 Å². The van der Waals surface area contributed by atoms with Crippen molar-refractivity contribution in [2.24, 2.45) is 0 Å². The molecule has 0 aliphatic heterocycles. The summed E-state index contributed by atoms with van der Waals surface area (Å²) in [4.78, 5) is 0. The molecule has 0 aliphatic rings. The SMILES string of the molecule is N#Cc1ccc(OP(=O)(c2ccco2)c2ccco2)cc1. The van der Waals surface area contributed by atoms with Gasteiger partial charge < -0.3 is 13.4 Å². The zero-order chi connectivity index (χ0) is 14.7. The van der Waals surface area contributed by atoms with Crippen LogP contribution in [-0.4, -0.2) is 0 Å². The lowest BCUT2D eigenvalue weighted by Gasteiger charge is -2.15. The van der Waals surface area contributed by atoms with Gasteiger partial charge in [0.15, 0.2) is 0 Å². The van der Waals surface area contributed by atoms with Crippen molar-refractivity contribution in [2.45, 2.75) is 0 Å². The van der Waals surface area contributed by atoms with Crippen LogP contribution in [0.5, 0.6) is 5.75 Å². The van der Waals surface area contributed by atoms with E-state index in [-0.39, 0.29) is 11.0 Å². The molecule has 0 bridgehead atoms. The van der Waals surface area contributed by atoms with Gasteiger partial charge in [0.2, 0.25) is 11.0 Å². The molecule has 0 spiro atoms. The Labute approximate surface area is 120 Å². The molecule has 104 valence electrons. The number of nitriles is 1. The normalized spacial score (nSPS) is 11.0. The van der Waals surface area contributed by atoms with Gasteiger partial charge in [-0.2, -0.15) is 5.26 Å². The van der Waals surface area contributed by atoms with Gasteiger partial charge in [0, 0.05) is 0 Å². The van der Waals surface area contributed by atoms with Crippen LogP contribution in [0.25, 0.3) is 0 Å². The summed E-state index contributed by atoms with van der Waals surface area (Å²) < 4.78 is 29.3. The number of nitrogens with zero attached hydrogens (tertiary/aromatic N) is 1. The predicted octanol–water partition coefficient (Wildman–Crippen LogP) is 3.05. The molecule has 2 heterocycles. The van der Waals surface area contributed by atoms with E-state index in [1.165, 1.54) is 12.5 Å². The van der Waals surface area contributed by atoms with E-state index >= 15 is 0 Å². The highest BCUT2D eigenvalue weighted by atomic mass is 31.2. The minimum absolute atomic E-state index is 0.196. The van der Waals surface area contributed by atoms with E-state index in [0.29, 0.717) is 11.3 Å². The fourth-order valence-corrected chi connectivity index (χ4v) is 3.59. The third kappa shape index (κ3) is 2.49. The molecule has 6 heteroatoms. The molecule has 0 amide bonds. The van der Waals surface area contributed by atoms with Crippen molar-refractivity contribution < 1.29 is 17.9 Å². The van der Waals surface area contributed by atoms with Gasteiger partial charge in [-0.15, -0.1) is 0 Å². The van der Waals surface area contributed by atoms with Crippen molar-refractivity contribution >= 4 is 18.4 Å². The van der Waals surface area contributed by atoms with Crippen molar-refractivity contribution in [2.75, 3.05) is 0 Å². The van der Waals surface area contributed by atoms with Crippen LogP contribution in [0.2, 0.25) is 0 Å². The van der Waals surface area contributed by atoms with E-state index < -0.39 is 7.37 Å². The first-order chi connectivity index (χ1) is 10.2. The minimum Gasteiger partial charge on any atom is -0.457 e. The summed E-state index contributed by atoms with van der Waals surface area (Å²) in [6.07, 6.45) is 2.85. The van der Waals surface area contributed by atoms with Crippen molar-refractivity contribution in [3.05, 3.63) is 66.6 Å². The molecule has 3 aromatic rings. The van der Waals surface area contributed by atoms with Crippen LogP contribution in [-0.2, 0) is 4.57 Å². The van der Waals surface area contributed by atoms with Crippen LogP contribution in [0.3, 0.4) is 0 Å². The van der Waals surface area contributed by atoms with Gasteiger partial charge in [-0.25, -0.2) is 0 Å². The number of hydrogen-bond donors (Lipinski definition) is 0. The van der Waals surface area contributed by atoms with Crippen LogP contribution in [0.1, 0.15) is 5.56 Å². The van der Waals surface area contributed by atoms with Gasteiger partial charge in [-0.05, 0) is 48.5 Å². The quantitative estimate of drug-likeness (QED) is 0.692. The monoisotopic (exact) mass is 299 g/mol. The van der Waals surface area contributed by atoms with Gasteiger partial charge in [-0.1, -0.05) is 0 Å². The fraction of sp³-hybridized carbons (Fsp3) is 0.